The molecule has 0 radical (unpaired) electrons. The van der Waals surface area contributed by atoms with Gasteiger partial charge in [0.15, 0.2) is 0 Å². The summed E-state index contributed by atoms with van der Waals surface area (Å²) in [4.78, 5) is 3.83. The molecule has 1 aromatic carbocycles. The van der Waals surface area contributed by atoms with Gasteiger partial charge in [-0.2, -0.15) is 5.10 Å². The normalized spacial score (nSPS) is 10.2. The monoisotopic (exact) mass is 194 g/mol. The number of halogens is 1. The van der Waals surface area contributed by atoms with Gasteiger partial charge in [-0.1, -0.05) is 11.6 Å². The molecule has 1 aromatic heterocycles. The van der Waals surface area contributed by atoms with Gasteiger partial charge in [0.05, 0.1) is 11.4 Å². The van der Waals surface area contributed by atoms with Gasteiger partial charge in [0.1, 0.15) is 12.7 Å². The molecule has 0 aliphatic heterocycles. The highest BCUT2D eigenvalue weighted by Gasteiger charge is 2.01. The van der Waals surface area contributed by atoms with Crippen LogP contribution in [0.3, 0.4) is 0 Å². The quantitative estimate of drug-likeness (QED) is 0.700. The fraction of sp³-hybridized carbons (Fsp3) is 0. The van der Waals surface area contributed by atoms with E-state index < -0.39 is 0 Å². The van der Waals surface area contributed by atoms with E-state index in [9.17, 15) is 0 Å². The molecule has 0 aliphatic carbocycles. The molecule has 0 amide bonds. The average Bonchev–Trinajstić information content (AvgIpc) is 2.56. The fourth-order valence-electron chi connectivity index (χ4n) is 1.07. The molecule has 4 nitrogen and oxygen atoms in total. The maximum Gasteiger partial charge on any atom is 0.138 e. The molecule has 0 aliphatic rings. The molecule has 66 valence electrons. The van der Waals surface area contributed by atoms with E-state index in [1.54, 1.807) is 29.2 Å². The van der Waals surface area contributed by atoms with E-state index in [1.165, 1.54) is 6.33 Å². The van der Waals surface area contributed by atoms with Crippen LogP contribution >= 0.6 is 11.6 Å². The largest absolute Gasteiger partial charge is 0.397 e. The van der Waals surface area contributed by atoms with Crippen molar-refractivity contribution >= 4 is 17.3 Å². The molecule has 0 spiro atoms. The summed E-state index contributed by atoms with van der Waals surface area (Å²) in [6, 6.07) is 5.24. The highest BCUT2D eigenvalue weighted by molar-refractivity contribution is 6.30. The first-order valence-electron chi connectivity index (χ1n) is 3.67. The van der Waals surface area contributed by atoms with Crippen molar-refractivity contribution in [3.8, 4) is 5.69 Å². The standard InChI is InChI=1S/C8H7ClN4/c9-6-1-2-8(7(10)3-6)13-5-11-4-12-13/h1-5H,10H2. The van der Waals surface area contributed by atoms with Crippen molar-refractivity contribution in [3.05, 3.63) is 35.9 Å². The van der Waals surface area contributed by atoms with Crippen LogP contribution in [0.25, 0.3) is 5.69 Å². The molecule has 2 aromatic rings. The lowest BCUT2D eigenvalue weighted by atomic mass is 10.3. The van der Waals surface area contributed by atoms with E-state index >= 15 is 0 Å². The lowest BCUT2D eigenvalue weighted by Crippen LogP contribution is -1.99. The van der Waals surface area contributed by atoms with Gasteiger partial charge in [-0.15, -0.1) is 0 Å². The Morgan fingerprint density at radius 2 is 2.23 bits per heavy atom. The van der Waals surface area contributed by atoms with Gasteiger partial charge in [-0.05, 0) is 18.2 Å². The summed E-state index contributed by atoms with van der Waals surface area (Å²) in [6.45, 7) is 0. The average molecular weight is 195 g/mol. The molecule has 0 saturated heterocycles. The first-order valence-corrected chi connectivity index (χ1v) is 4.05. The second-order valence-corrected chi connectivity index (χ2v) is 2.98. The third kappa shape index (κ3) is 1.48. The first-order chi connectivity index (χ1) is 6.27. The number of aromatic nitrogens is 3. The summed E-state index contributed by atoms with van der Waals surface area (Å²) in [5, 5.41) is 4.57. The smallest absolute Gasteiger partial charge is 0.138 e. The first kappa shape index (κ1) is 8.07. The number of anilines is 1. The van der Waals surface area contributed by atoms with E-state index in [2.05, 4.69) is 10.1 Å². The Kier molecular flexibility index (Phi) is 1.90. The van der Waals surface area contributed by atoms with Crippen LogP contribution in [-0.2, 0) is 0 Å². The SMILES string of the molecule is Nc1cc(Cl)ccc1-n1cncn1. The third-order valence-corrected chi connectivity index (χ3v) is 1.89. The van der Waals surface area contributed by atoms with Crippen LogP contribution in [0.15, 0.2) is 30.9 Å². The molecule has 5 heteroatoms. The van der Waals surface area contributed by atoms with E-state index in [4.69, 9.17) is 17.3 Å². The molecule has 0 saturated carbocycles. The number of nitrogen functional groups attached to an aromatic ring is 1. The minimum Gasteiger partial charge on any atom is -0.397 e. The van der Waals surface area contributed by atoms with Crippen LogP contribution in [0, 0.1) is 0 Å². The van der Waals surface area contributed by atoms with Gasteiger partial charge in [0, 0.05) is 5.02 Å². The zero-order valence-corrected chi connectivity index (χ0v) is 7.44. The second-order valence-electron chi connectivity index (χ2n) is 2.54. The van der Waals surface area contributed by atoms with Gasteiger partial charge in [0.25, 0.3) is 0 Å². The summed E-state index contributed by atoms with van der Waals surface area (Å²) >= 11 is 5.75. The molecule has 0 fully saturated rings. The molecule has 0 unspecified atom stereocenters. The topological polar surface area (TPSA) is 56.7 Å². The molecule has 2 N–H and O–H groups in total. The number of benzene rings is 1. The van der Waals surface area contributed by atoms with Crippen molar-refractivity contribution in [1.29, 1.82) is 0 Å². The second kappa shape index (κ2) is 3.06. The van der Waals surface area contributed by atoms with Crippen molar-refractivity contribution in [2.24, 2.45) is 0 Å². The number of hydrogen-bond donors (Lipinski definition) is 1. The van der Waals surface area contributed by atoms with E-state index in [0.29, 0.717) is 10.7 Å². The fourth-order valence-corrected chi connectivity index (χ4v) is 1.25. The zero-order chi connectivity index (χ0) is 9.26. The Hall–Kier alpha value is -1.55. The van der Waals surface area contributed by atoms with Gasteiger partial charge in [-0.25, -0.2) is 9.67 Å². The van der Waals surface area contributed by atoms with Crippen molar-refractivity contribution < 1.29 is 0 Å². The Labute approximate surface area is 80.0 Å². The van der Waals surface area contributed by atoms with Gasteiger partial charge < -0.3 is 5.73 Å². The summed E-state index contributed by atoms with van der Waals surface area (Å²) < 4.78 is 1.59. The minimum absolute atomic E-state index is 0.581. The summed E-state index contributed by atoms with van der Waals surface area (Å²) in [5.41, 5.74) is 7.10. The van der Waals surface area contributed by atoms with Crippen LogP contribution in [0.4, 0.5) is 5.69 Å². The third-order valence-electron chi connectivity index (χ3n) is 1.66. The van der Waals surface area contributed by atoms with Crippen LogP contribution in [0.2, 0.25) is 5.02 Å². The highest BCUT2D eigenvalue weighted by Crippen LogP contribution is 2.20. The number of rotatable bonds is 1. The predicted molar refractivity (Wildman–Crippen MR) is 50.8 cm³/mol. The van der Waals surface area contributed by atoms with Crippen LogP contribution in [-0.4, -0.2) is 14.8 Å². The Morgan fingerprint density at radius 1 is 1.38 bits per heavy atom. The maximum absolute atomic E-state index is 5.75. The van der Waals surface area contributed by atoms with Crippen LogP contribution in [0.1, 0.15) is 0 Å². The van der Waals surface area contributed by atoms with Gasteiger partial charge in [0.2, 0.25) is 0 Å². The Balaban J connectivity index is 2.53. The molecule has 1 heterocycles. The molecular formula is C8H7ClN4. The van der Waals surface area contributed by atoms with Gasteiger partial charge in [-0.3, -0.25) is 0 Å². The lowest BCUT2D eigenvalue weighted by Gasteiger charge is -2.04. The maximum atomic E-state index is 5.75. The predicted octanol–water partition coefficient (Wildman–Crippen LogP) is 1.50. The van der Waals surface area contributed by atoms with Crippen molar-refractivity contribution in [1.82, 2.24) is 14.8 Å². The minimum atomic E-state index is 0.581. The van der Waals surface area contributed by atoms with Crippen molar-refractivity contribution in [2.75, 3.05) is 5.73 Å². The van der Waals surface area contributed by atoms with Crippen molar-refractivity contribution in [2.45, 2.75) is 0 Å². The summed E-state index contributed by atoms with van der Waals surface area (Å²) in [6.07, 6.45) is 3.04. The molecule has 13 heavy (non-hydrogen) atoms. The Morgan fingerprint density at radius 3 is 2.85 bits per heavy atom. The van der Waals surface area contributed by atoms with E-state index in [0.717, 1.165) is 5.69 Å². The molecule has 2 rings (SSSR count). The highest BCUT2D eigenvalue weighted by atomic mass is 35.5. The molecule has 0 bridgehead atoms. The van der Waals surface area contributed by atoms with E-state index in [1.807, 2.05) is 0 Å². The number of hydrogen-bond acceptors (Lipinski definition) is 3. The van der Waals surface area contributed by atoms with E-state index in [-0.39, 0.29) is 0 Å². The lowest BCUT2D eigenvalue weighted by molar-refractivity contribution is 0.881. The Bertz CT molecular complexity index is 410. The summed E-state index contributed by atoms with van der Waals surface area (Å²) in [5.74, 6) is 0. The van der Waals surface area contributed by atoms with Crippen molar-refractivity contribution in [3.63, 3.8) is 0 Å². The summed E-state index contributed by atoms with van der Waals surface area (Å²) in [7, 11) is 0. The van der Waals surface area contributed by atoms with Crippen LogP contribution < -0.4 is 5.73 Å². The van der Waals surface area contributed by atoms with Crippen LogP contribution in [0.5, 0.6) is 0 Å². The molecular weight excluding hydrogens is 188 g/mol. The zero-order valence-electron chi connectivity index (χ0n) is 6.68. The number of nitrogens with two attached hydrogens (primary N) is 1. The number of nitrogens with zero attached hydrogens (tertiary/aromatic N) is 3. The van der Waals surface area contributed by atoms with Gasteiger partial charge >= 0.3 is 0 Å². The molecule has 0 atom stereocenters.